The highest BCUT2D eigenvalue weighted by Crippen LogP contribution is 2.38. The lowest BCUT2D eigenvalue weighted by Crippen LogP contribution is -2.38. The predicted octanol–water partition coefficient (Wildman–Crippen LogP) is 3.76. The van der Waals surface area contributed by atoms with E-state index in [2.05, 4.69) is 27.4 Å². The number of amides is 1. The molecule has 6 heteroatoms. The summed E-state index contributed by atoms with van der Waals surface area (Å²) in [5, 5.41) is 5.06. The van der Waals surface area contributed by atoms with Crippen LogP contribution in [0.15, 0.2) is 71.5 Å². The number of nitrogens with one attached hydrogen (secondary N) is 1. The lowest BCUT2D eigenvalue weighted by Gasteiger charge is -2.26. The molecule has 150 valence electrons. The van der Waals surface area contributed by atoms with Gasteiger partial charge < -0.3 is 14.8 Å². The van der Waals surface area contributed by atoms with E-state index in [0.717, 1.165) is 27.5 Å². The monoisotopic (exact) mass is 399 g/mol. The zero-order valence-corrected chi connectivity index (χ0v) is 16.6. The average molecular weight is 399 g/mol. The van der Waals surface area contributed by atoms with Crippen molar-refractivity contribution in [1.82, 2.24) is 10.3 Å². The number of carbonyl (C=O) groups excluding carboxylic acids is 1. The second-order valence-corrected chi connectivity index (χ2v) is 7.37. The van der Waals surface area contributed by atoms with Gasteiger partial charge in [-0.2, -0.15) is 0 Å². The van der Waals surface area contributed by atoms with Crippen LogP contribution >= 0.6 is 0 Å². The maximum atomic E-state index is 12.1. The summed E-state index contributed by atoms with van der Waals surface area (Å²) in [6, 6.07) is 14.0. The number of amidine groups is 1. The van der Waals surface area contributed by atoms with E-state index < -0.39 is 0 Å². The first kappa shape index (κ1) is 18.4. The number of aliphatic imine (C=N–C) groups is 1. The molecule has 1 unspecified atom stereocenters. The van der Waals surface area contributed by atoms with Gasteiger partial charge in [-0.25, -0.2) is 0 Å². The van der Waals surface area contributed by atoms with Crippen molar-refractivity contribution in [3.63, 3.8) is 0 Å². The number of hydrogen-bond acceptors (Lipinski definition) is 5. The second kappa shape index (κ2) is 7.63. The van der Waals surface area contributed by atoms with E-state index in [1.165, 1.54) is 0 Å². The van der Waals surface area contributed by atoms with Gasteiger partial charge in [-0.1, -0.05) is 30.3 Å². The Morgan fingerprint density at radius 3 is 3.00 bits per heavy atom. The SMILES string of the molecule is COc1cc(C2CC(=O)NC3=NCC=C32)ccc1OCc1cccc2cnccc12. The second-order valence-electron chi connectivity index (χ2n) is 7.37. The number of pyridine rings is 1. The molecular formula is C24H21N3O3. The minimum Gasteiger partial charge on any atom is -0.493 e. The van der Waals surface area contributed by atoms with Crippen LogP contribution in [0.25, 0.3) is 10.8 Å². The molecule has 0 radical (unpaired) electrons. The average Bonchev–Trinajstić information content (AvgIpc) is 3.25. The molecule has 0 aliphatic carbocycles. The number of nitrogens with zero attached hydrogens (tertiary/aromatic N) is 2. The van der Waals surface area contributed by atoms with Crippen LogP contribution in [0.1, 0.15) is 23.5 Å². The Labute approximate surface area is 174 Å². The topological polar surface area (TPSA) is 72.8 Å². The first-order chi connectivity index (χ1) is 14.7. The highest BCUT2D eigenvalue weighted by molar-refractivity contribution is 6.12. The molecule has 3 heterocycles. The first-order valence-corrected chi connectivity index (χ1v) is 9.90. The molecule has 2 aromatic carbocycles. The quantitative estimate of drug-likeness (QED) is 0.709. The summed E-state index contributed by atoms with van der Waals surface area (Å²) in [4.78, 5) is 20.6. The van der Waals surface area contributed by atoms with Gasteiger partial charge in [0, 0.05) is 35.7 Å². The summed E-state index contributed by atoms with van der Waals surface area (Å²) < 4.78 is 11.7. The van der Waals surface area contributed by atoms with Crippen LogP contribution in [-0.2, 0) is 11.4 Å². The molecule has 1 atom stereocenters. The molecular weight excluding hydrogens is 378 g/mol. The Balaban J connectivity index is 1.40. The van der Waals surface area contributed by atoms with Crippen LogP contribution in [0.2, 0.25) is 0 Å². The summed E-state index contributed by atoms with van der Waals surface area (Å²) in [5.74, 6) is 1.98. The zero-order valence-electron chi connectivity index (χ0n) is 16.6. The van der Waals surface area contributed by atoms with E-state index >= 15 is 0 Å². The van der Waals surface area contributed by atoms with E-state index in [9.17, 15) is 4.79 Å². The number of aromatic nitrogens is 1. The number of benzene rings is 2. The molecule has 0 spiro atoms. The third-order valence-electron chi connectivity index (χ3n) is 5.60. The summed E-state index contributed by atoms with van der Waals surface area (Å²) in [6.07, 6.45) is 6.12. The zero-order chi connectivity index (χ0) is 20.5. The molecule has 3 aromatic rings. The van der Waals surface area contributed by atoms with Crippen molar-refractivity contribution in [2.24, 2.45) is 4.99 Å². The number of hydrogen-bond donors (Lipinski definition) is 1. The fourth-order valence-electron chi connectivity index (χ4n) is 4.11. The standard InChI is InChI=1S/C24H21N3O3/c1-29-22-11-15(20-12-23(28)27-24-19(20)8-10-26-24)5-6-21(22)30-14-17-4-2-3-16-13-25-9-7-18(16)17/h2-9,11,13,20H,10,12,14H2,1H3,(H,26,27,28). The molecule has 0 saturated carbocycles. The summed E-state index contributed by atoms with van der Waals surface area (Å²) in [6.45, 7) is 1.03. The number of rotatable bonds is 5. The minimum absolute atomic E-state index is 0.0115. The lowest BCUT2D eigenvalue weighted by atomic mass is 9.85. The van der Waals surface area contributed by atoms with Gasteiger partial charge in [-0.15, -0.1) is 0 Å². The first-order valence-electron chi connectivity index (χ1n) is 9.90. The summed E-state index contributed by atoms with van der Waals surface area (Å²) >= 11 is 0. The van der Waals surface area contributed by atoms with Crippen molar-refractivity contribution >= 4 is 22.5 Å². The molecule has 1 aromatic heterocycles. The fourth-order valence-corrected chi connectivity index (χ4v) is 4.11. The van der Waals surface area contributed by atoms with Gasteiger partial charge in [0.25, 0.3) is 0 Å². The van der Waals surface area contributed by atoms with Crippen molar-refractivity contribution in [2.75, 3.05) is 13.7 Å². The highest BCUT2D eigenvalue weighted by atomic mass is 16.5. The van der Waals surface area contributed by atoms with Crippen molar-refractivity contribution < 1.29 is 14.3 Å². The number of fused-ring (bicyclic) bond motifs is 2. The van der Waals surface area contributed by atoms with E-state index in [0.29, 0.717) is 36.9 Å². The van der Waals surface area contributed by atoms with Crippen molar-refractivity contribution in [3.8, 4) is 11.5 Å². The van der Waals surface area contributed by atoms with Crippen LogP contribution < -0.4 is 14.8 Å². The molecule has 1 amide bonds. The maximum Gasteiger partial charge on any atom is 0.226 e. The maximum absolute atomic E-state index is 12.1. The molecule has 1 N–H and O–H groups in total. The van der Waals surface area contributed by atoms with Crippen LogP contribution in [0.5, 0.6) is 11.5 Å². The fraction of sp³-hybridized carbons (Fsp3) is 0.208. The van der Waals surface area contributed by atoms with Crippen LogP contribution in [0, 0.1) is 0 Å². The smallest absolute Gasteiger partial charge is 0.226 e. The molecule has 2 aliphatic heterocycles. The third-order valence-corrected chi connectivity index (χ3v) is 5.60. The normalized spacial score (nSPS) is 17.8. The van der Waals surface area contributed by atoms with Crippen LogP contribution in [0.4, 0.5) is 0 Å². The highest BCUT2D eigenvalue weighted by Gasteiger charge is 2.32. The third kappa shape index (κ3) is 3.30. The van der Waals surface area contributed by atoms with Crippen molar-refractivity contribution in [3.05, 3.63) is 77.6 Å². The van der Waals surface area contributed by atoms with E-state index in [1.54, 1.807) is 13.3 Å². The van der Waals surface area contributed by atoms with Crippen molar-refractivity contribution in [2.45, 2.75) is 18.9 Å². The Morgan fingerprint density at radius 1 is 1.17 bits per heavy atom. The number of piperidine rings is 1. The van der Waals surface area contributed by atoms with Gasteiger partial charge in [-0.3, -0.25) is 14.8 Å². The molecule has 5 rings (SSSR count). The van der Waals surface area contributed by atoms with E-state index in [4.69, 9.17) is 9.47 Å². The molecule has 0 bridgehead atoms. The van der Waals surface area contributed by atoms with Gasteiger partial charge in [0.2, 0.25) is 5.91 Å². The van der Waals surface area contributed by atoms with Crippen molar-refractivity contribution in [1.29, 1.82) is 0 Å². The summed E-state index contributed by atoms with van der Waals surface area (Å²) in [5.41, 5.74) is 3.18. The molecule has 30 heavy (non-hydrogen) atoms. The molecule has 6 nitrogen and oxygen atoms in total. The number of carbonyl (C=O) groups is 1. The van der Waals surface area contributed by atoms with Crippen LogP contribution in [0.3, 0.4) is 0 Å². The summed E-state index contributed by atoms with van der Waals surface area (Å²) in [7, 11) is 1.63. The Kier molecular flexibility index (Phi) is 4.67. The Morgan fingerprint density at radius 2 is 2.10 bits per heavy atom. The molecule has 1 fully saturated rings. The Bertz CT molecular complexity index is 1190. The molecule has 2 aliphatic rings. The van der Waals surface area contributed by atoms with Gasteiger partial charge in [0.15, 0.2) is 11.5 Å². The van der Waals surface area contributed by atoms with Gasteiger partial charge in [0.1, 0.15) is 12.4 Å². The van der Waals surface area contributed by atoms with E-state index in [1.807, 2.05) is 42.6 Å². The number of methoxy groups -OCH3 is 1. The van der Waals surface area contributed by atoms with Gasteiger partial charge in [0.05, 0.1) is 13.7 Å². The lowest BCUT2D eigenvalue weighted by molar-refractivity contribution is -0.120. The van der Waals surface area contributed by atoms with E-state index in [-0.39, 0.29) is 11.8 Å². The molecule has 1 saturated heterocycles. The largest absolute Gasteiger partial charge is 0.493 e. The minimum atomic E-state index is -0.0199. The van der Waals surface area contributed by atoms with Gasteiger partial charge in [-0.05, 0) is 34.7 Å². The van der Waals surface area contributed by atoms with Crippen LogP contribution in [-0.4, -0.2) is 30.4 Å². The van der Waals surface area contributed by atoms with Gasteiger partial charge >= 0.3 is 0 Å². The number of ether oxygens (including phenoxy) is 2. The Hall–Kier alpha value is -3.67. The predicted molar refractivity (Wildman–Crippen MR) is 115 cm³/mol.